The van der Waals surface area contributed by atoms with Crippen LogP contribution in [0.25, 0.3) is 0 Å². The van der Waals surface area contributed by atoms with E-state index in [0.717, 1.165) is 19.3 Å². The number of hydrogen-bond donors (Lipinski definition) is 3. The van der Waals surface area contributed by atoms with Crippen LogP contribution in [0.2, 0.25) is 0 Å². The zero-order valence-electron chi connectivity index (χ0n) is 18.1. The number of carbonyl (C=O) groups is 4. The van der Waals surface area contributed by atoms with Gasteiger partial charge in [-0.15, -0.1) is 0 Å². The molecule has 0 radical (unpaired) electrons. The van der Waals surface area contributed by atoms with Crippen LogP contribution in [0, 0.1) is 5.41 Å². The number of alkyl halides is 3. The Morgan fingerprint density at radius 3 is 2.35 bits per heavy atom. The first-order valence-electron chi connectivity index (χ1n) is 10.3. The van der Waals surface area contributed by atoms with Crippen molar-refractivity contribution in [1.82, 2.24) is 25.4 Å². The second-order valence-corrected chi connectivity index (χ2v) is 8.32. The molecule has 2 amide bonds. The first kappa shape index (κ1) is 24.9. The molecule has 4 rings (SSSR count). The van der Waals surface area contributed by atoms with Gasteiger partial charge < -0.3 is 15.3 Å². The highest BCUT2D eigenvalue weighted by atomic mass is 19.4. The average molecular weight is 481 g/mol. The number of rotatable bonds is 4. The molecule has 2 fully saturated rings. The van der Waals surface area contributed by atoms with Gasteiger partial charge in [0.05, 0.1) is 0 Å². The molecule has 10 nitrogen and oxygen atoms in total. The van der Waals surface area contributed by atoms with Gasteiger partial charge in [-0.2, -0.15) is 18.3 Å². The molecule has 0 aromatic carbocycles. The Hall–Kier alpha value is -3.77. The van der Waals surface area contributed by atoms with Gasteiger partial charge in [0.2, 0.25) is 0 Å². The highest BCUT2D eigenvalue weighted by Gasteiger charge is 2.50. The molecule has 1 aliphatic carbocycles. The van der Waals surface area contributed by atoms with Gasteiger partial charge in [-0.05, 0) is 42.9 Å². The lowest BCUT2D eigenvalue weighted by molar-refractivity contribution is -0.192. The maximum absolute atomic E-state index is 12.6. The first-order valence-corrected chi connectivity index (χ1v) is 10.3. The Balaban J connectivity index is 0.000000406. The molecular formula is C21H22F3N5O5. The van der Waals surface area contributed by atoms with E-state index in [1.807, 2.05) is 0 Å². The van der Waals surface area contributed by atoms with Crippen LogP contribution in [-0.2, 0) is 4.79 Å². The monoisotopic (exact) mass is 481 g/mol. The Morgan fingerprint density at radius 2 is 1.82 bits per heavy atom. The number of Topliss-reactive ketones (excluding diaryl/α,β-unsaturated/α-hetero) is 1. The van der Waals surface area contributed by atoms with Gasteiger partial charge in [0, 0.05) is 44.0 Å². The Kier molecular flexibility index (Phi) is 7.03. The summed E-state index contributed by atoms with van der Waals surface area (Å²) in [7, 11) is 0. The fraction of sp³-hybridized carbons (Fsp3) is 0.429. The molecule has 3 N–H and O–H groups in total. The van der Waals surface area contributed by atoms with Gasteiger partial charge in [0.1, 0.15) is 11.4 Å². The molecule has 13 heteroatoms. The maximum Gasteiger partial charge on any atom is 0.490 e. The molecule has 182 valence electrons. The van der Waals surface area contributed by atoms with Gasteiger partial charge in [0.25, 0.3) is 11.8 Å². The lowest BCUT2D eigenvalue weighted by Crippen LogP contribution is -2.52. The predicted molar refractivity (Wildman–Crippen MR) is 110 cm³/mol. The molecule has 1 aliphatic heterocycles. The fourth-order valence-corrected chi connectivity index (χ4v) is 4.08. The second-order valence-electron chi connectivity index (χ2n) is 8.32. The number of carboxylic acid groups (broad SMARTS) is 1. The van der Waals surface area contributed by atoms with E-state index in [1.165, 1.54) is 13.0 Å². The zero-order valence-corrected chi connectivity index (χ0v) is 18.1. The fourth-order valence-electron chi connectivity index (χ4n) is 4.08. The van der Waals surface area contributed by atoms with Crippen molar-refractivity contribution in [2.75, 3.05) is 13.1 Å². The number of aromatic amines is 1. The standard InChI is InChI=1S/C19H21N5O3.C2HF3O2/c1-12(25)15-8-16(23-22-15)18(27)24-7-4-19(11-24)9-14(10-19)21-17(26)13-2-5-20-6-3-13;3-2(4,5)1(6)7/h2-3,5-6,8,14H,4,7,9-11H2,1H3,(H,21,26)(H,22,23);(H,6,7). The number of carboxylic acids is 1. The van der Waals surface area contributed by atoms with Gasteiger partial charge in [0.15, 0.2) is 5.78 Å². The van der Waals surface area contributed by atoms with Gasteiger partial charge in [-0.3, -0.25) is 24.5 Å². The Bertz CT molecular complexity index is 1080. The number of likely N-dealkylation sites (tertiary alicyclic amines) is 1. The quantitative estimate of drug-likeness (QED) is 0.567. The lowest BCUT2D eigenvalue weighted by atomic mass is 9.65. The van der Waals surface area contributed by atoms with E-state index >= 15 is 0 Å². The Morgan fingerprint density at radius 1 is 1.21 bits per heavy atom. The van der Waals surface area contributed by atoms with E-state index in [0.29, 0.717) is 24.3 Å². The molecule has 0 atom stereocenters. The van der Waals surface area contributed by atoms with E-state index in [1.54, 1.807) is 29.4 Å². The summed E-state index contributed by atoms with van der Waals surface area (Å²) in [6.07, 6.45) is 0.786. The van der Waals surface area contributed by atoms with Crippen molar-refractivity contribution < 1.29 is 37.5 Å². The van der Waals surface area contributed by atoms with Crippen LogP contribution in [0.1, 0.15) is 57.5 Å². The summed E-state index contributed by atoms with van der Waals surface area (Å²) in [6.45, 7) is 2.77. The second kappa shape index (κ2) is 9.61. The molecule has 0 bridgehead atoms. The Labute approximate surface area is 191 Å². The van der Waals surface area contributed by atoms with Crippen molar-refractivity contribution in [2.45, 2.75) is 38.4 Å². The minimum absolute atomic E-state index is 0.0786. The number of halogens is 3. The normalized spacial score (nSPS) is 21.3. The van der Waals surface area contributed by atoms with Crippen molar-refractivity contribution in [3.05, 3.63) is 47.5 Å². The summed E-state index contributed by atoms with van der Waals surface area (Å²) in [4.78, 5) is 50.8. The van der Waals surface area contributed by atoms with Crippen molar-refractivity contribution in [2.24, 2.45) is 5.41 Å². The highest BCUT2D eigenvalue weighted by Crippen LogP contribution is 2.48. The average Bonchev–Trinajstić information content (AvgIpc) is 3.42. The molecule has 2 aliphatic rings. The van der Waals surface area contributed by atoms with E-state index in [2.05, 4.69) is 20.5 Å². The van der Waals surface area contributed by atoms with E-state index in [9.17, 15) is 27.6 Å². The van der Waals surface area contributed by atoms with Crippen LogP contribution in [0.15, 0.2) is 30.6 Å². The third kappa shape index (κ3) is 5.77. The molecule has 0 unspecified atom stereocenters. The lowest BCUT2D eigenvalue weighted by Gasteiger charge is -2.45. The first-order chi connectivity index (χ1) is 15.9. The topological polar surface area (TPSA) is 145 Å². The van der Waals surface area contributed by atoms with Crippen molar-refractivity contribution >= 4 is 23.6 Å². The largest absolute Gasteiger partial charge is 0.490 e. The molecule has 2 aromatic heterocycles. The summed E-state index contributed by atoms with van der Waals surface area (Å²) in [5, 5.41) is 16.7. The maximum atomic E-state index is 12.6. The van der Waals surface area contributed by atoms with Gasteiger partial charge >= 0.3 is 12.1 Å². The van der Waals surface area contributed by atoms with Crippen LogP contribution in [0.3, 0.4) is 0 Å². The SMILES string of the molecule is CC(=O)c1cc(C(=O)N2CCC3(CC(NC(=O)c4ccncc4)C3)C2)[nH]n1.O=C(O)C(F)(F)F. The molecule has 1 spiro atoms. The number of H-pyrrole nitrogens is 1. The number of hydrogen-bond acceptors (Lipinski definition) is 6. The molecule has 1 saturated heterocycles. The van der Waals surface area contributed by atoms with Gasteiger partial charge in [-0.25, -0.2) is 4.79 Å². The molecule has 3 heterocycles. The molecule has 2 aromatic rings. The number of nitrogens with one attached hydrogen (secondary N) is 2. The highest BCUT2D eigenvalue weighted by molar-refractivity contribution is 5.97. The predicted octanol–water partition coefficient (Wildman–Crippen LogP) is 2.07. The minimum atomic E-state index is -5.08. The van der Waals surface area contributed by atoms with Crippen molar-refractivity contribution in [3.63, 3.8) is 0 Å². The van der Waals surface area contributed by atoms with Gasteiger partial charge in [-0.1, -0.05) is 0 Å². The van der Waals surface area contributed by atoms with Crippen LogP contribution in [0.4, 0.5) is 13.2 Å². The summed E-state index contributed by atoms with van der Waals surface area (Å²) in [5.74, 6) is -3.14. The number of aliphatic carboxylic acids is 1. The number of carbonyl (C=O) groups excluding carboxylic acids is 3. The number of aromatic nitrogens is 3. The number of ketones is 1. The summed E-state index contributed by atoms with van der Waals surface area (Å²) < 4.78 is 31.7. The number of pyridine rings is 1. The van der Waals surface area contributed by atoms with Crippen molar-refractivity contribution in [1.29, 1.82) is 0 Å². The van der Waals surface area contributed by atoms with Crippen LogP contribution in [0.5, 0.6) is 0 Å². The van der Waals surface area contributed by atoms with Crippen molar-refractivity contribution in [3.8, 4) is 0 Å². The van der Waals surface area contributed by atoms with E-state index in [-0.39, 0.29) is 34.7 Å². The summed E-state index contributed by atoms with van der Waals surface area (Å²) in [5.41, 5.74) is 1.30. The molecule has 34 heavy (non-hydrogen) atoms. The molecule has 1 saturated carbocycles. The zero-order chi connectivity index (χ0) is 25.1. The number of amides is 2. The van der Waals surface area contributed by atoms with E-state index in [4.69, 9.17) is 9.90 Å². The third-order valence-corrected chi connectivity index (χ3v) is 5.77. The van der Waals surface area contributed by atoms with Crippen LogP contribution in [-0.4, -0.2) is 74.1 Å². The smallest absolute Gasteiger partial charge is 0.475 e. The summed E-state index contributed by atoms with van der Waals surface area (Å²) >= 11 is 0. The van der Waals surface area contributed by atoms with Crippen LogP contribution >= 0.6 is 0 Å². The molecular weight excluding hydrogens is 459 g/mol. The van der Waals surface area contributed by atoms with E-state index < -0.39 is 12.1 Å². The number of nitrogens with zero attached hydrogens (tertiary/aromatic N) is 3. The van der Waals surface area contributed by atoms with Crippen LogP contribution < -0.4 is 5.32 Å². The summed E-state index contributed by atoms with van der Waals surface area (Å²) in [6, 6.07) is 5.03. The minimum Gasteiger partial charge on any atom is -0.475 e. The third-order valence-electron chi connectivity index (χ3n) is 5.77.